The fourth-order valence-corrected chi connectivity index (χ4v) is 9.28. The summed E-state index contributed by atoms with van der Waals surface area (Å²) in [4.78, 5) is 0. The number of unbranched alkanes of at least 4 members (excludes halogenated alkanes) is 12. The van der Waals surface area contributed by atoms with Crippen LogP contribution in [0.25, 0.3) is 0 Å². The van der Waals surface area contributed by atoms with Crippen molar-refractivity contribution in [2.24, 2.45) is 0 Å². The van der Waals surface area contributed by atoms with E-state index in [1.165, 1.54) is 96.3 Å². The van der Waals surface area contributed by atoms with Gasteiger partial charge in [-0.3, -0.25) is 0 Å². The predicted octanol–water partition coefficient (Wildman–Crippen LogP) is 12.7. The van der Waals surface area contributed by atoms with E-state index in [0.29, 0.717) is 0 Å². The summed E-state index contributed by atoms with van der Waals surface area (Å²) < 4.78 is 59.2. The third-order valence-electron chi connectivity index (χ3n) is 5.94. The molecule has 32 heavy (non-hydrogen) atoms. The van der Waals surface area contributed by atoms with Crippen LogP contribution in [0.15, 0.2) is 0 Å². The van der Waals surface area contributed by atoms with Gasteiger partial charge in [0.15, 0.2) is 0 Å². The van der Waals surface area contributed by atoms with Crippen molar-refractivity contribution < 1.29 is 25.2 Å². The second-order valence-corrected chi connectivity index (χ2v) is 15.8. The van der Waals surface area contributed by atoms with Crippen LogP contribution in [0.3, 0.4) is 0 Å². The first kappa shape index (κ1) is 34.6. The zero-order chi connectivity index (χ0) is 25.1. The second-order valence-electron chi connectivity index (χ2n) is 9.44. The molecule has 0 N–H and O–H groups in total. The summed E-state index contributed by atoms with van der Waals surface area (Å²) >= 11 is 0. The van der Waals surface area contributed by atoms with Crippen molar-refractivity contribution >= 4 is 15.1 Å². The summed E-state index contributed by atoms with van der Waals surface area (Å²) in [5.74, 6) is 0. The van der Waals surface area contributed by atoms with Crippen LogP contribution in [0.1, 0.15) is 130 Å². The molecule has 0 unspecified atom stereocenters. The Labute approximate surface area is 195 Å². The minimum absolute atomic E-state index is 0.620. The predicted molar refractivity (Wildman–Crippen MR) is 137 cm³/mol. The molecule has 0 bridgehead atoms. The Morgan fingerprint density at radius 2 is 0.594 bits per heavy atom. The molecule has 0 aliphatic heterocycles. The van der Waals surface area contributed by atoms with Crippen LogP contribution in [-0.4, -0.2) is 24.6 Å². The Hall–Kier alpha value is 0.440. The molecule has 0 aromatic rings. The molecule has 0 fully saturated rings. The SMILES string of the molecule is CCCCCCCCCCCC[P+](CCCC)(CCCC)CCCC.F[P-](F)(F)(F)(F)F. The molecule has 0 aromatic heterocycles. The van der Waals surface area contributed by atoms with Crippen molar-refractivity contribution in [3.05, 3.63) is 0 Å². The molecule has 0 radical (unpaired) electrons. The maximum absolute atomic E-state index is 10.7. The molecule has 0 saturated heterocycles. The van der Waals surface area contributed by atoms with Crippen LogP contribution >= 0.6 is 15.1 Å². The Kier molecular flexibility index (Phi) is 18.3. The zero-order valence-corrected chi connectivity index (χ0v) is 23.1. The maximum atomic E-state index is 9.87. The van der Waals surface area contributed by atoms with Crippen LogP contribution in [-0.2, 0) is 0 Å². The molecule has 200 valence electrons. The van der Waals surface area contributed by atoms with Gasteiger partial charge in [-0.15, -0.1) is 0 Å². The molecule has 8 heteroatoms. The van der Waals surface area contributed by atoms with E-state index < -0.39 is 15.1 Å². The summed E-state index contributed by atoms with van der Waals surface area (Å²) in [6.07, 6.45) is 30.0. The summed E-state index contributed by atoms with van der Waals surface area (Å²) in [5, 5.41) is 0. The zero-order valence-electron chi connectivity index (χ0n) is 21.3. The van der Waals surface area contributed by atoms with E-state index in [1.807, 2.05) is 0 Å². The Morgan fingerprint density at radius 3 is 0.875 bits per heavy atom. The molecular weight excluding hydrogens is 464 g/mol. The molecule has 0 heterocycles. The summed E-state index contributed by atoms with van der Waals surface area (Å²) in [7, 11) is -11.3. The first-order valence-electron chi connectivity index (χ1n) is 13.1. The van der Waals surface area contributed by atoms with E-state index in [1.54, 1.807) is 31.1 Å². The van der Waals surface area contributed by atoms with Gasteiger partial charge in [0, 0.05) is 7.26 Å². The first-order chi connectivity index (χ1) is 14.7. The van der Waals surface area contributed by atoms with Crippen LogP contribution in [0.5, 0.6) is 0 Å². The van der Waals surface area contributed by atoms with E-state index in [4.69, 9.17) is 0 Å². The molecule has 0 spiro atoms. The number of hydrogen-bond acceptors (Lipinski definition) is 0. The van der Waals surface area contributed by atoms with Crippen molar-refractivity contribution in [1.82, 2.24) is 0 Å². The van der Waals surface area contributed by atoms with Crippen LogP contribution in [0, 0.1) is 0 Å². The van der Waals surface area contributed by atoms with Crippen molar-refractivity contribution in [3.63, 3.8) is 0 Å². The van der Waals surface area contributed by atoms with Crippen molar-refractivity contribution in [2.45, 2.75) is 130 Å². The van der Waals surface area contributed by atoms with Gasteiger partial charge in [-0.2, -0.15) is 0 Å². The number of hydrogen-bond donors (Lipinski definition) is 0. The fourth-order valence-electron chi connectivity index (χ4n) is 4.09. The fraction of sp³-hybridized carbons (Fsp3) is 1.00. The molecule has 0 saturated carbocycles. The van der Waals surface area contributed by atoms with Gasteiger partial charge in [0.1, 0.15) is 0 Å². The van der Waals surface area contributed by atoms with Gasteiger partial charge in [-0.25, -0.2) is 0 Å². The van der Waals surface area contributed by atoms with E-state index in [9.17, 15) is 25.2 Å². The van der Waals surface area contributed by atoms with Gasteiger partial charge in [-0.1, -0.05) is 98.3 Å². The van der Waals surface area contributed by atoms with Crippen molar-refractivity contribution in [3.8, 4) is 0 Å². The number of rotatable bonds is 20. The van der Waals surface area contributed by atoms with Crippen LogP contribution in [0.2, 0.25) is 0 Å². The van der Waals surface area contributed by atoms with E-state index in [2.05, 4.69) is 27.7 Å². The minimum atomic E-state index is -10.7. The van der Waals surface area contributed by atoms with Gasteiger partial charge in [0.25, 0.3) is 0 Å². The normalized spacial score (nSPS) is 14.4. The quantitative estimate of drug-likeness (QED) is 0.0857. The Morgan fingerprint density at radius 1 is 0.375 bits per heavy atom. The Balaban J connectivity index is 0. The topological polar surface area (TPSA) is 0 Å². The second kappa shape index (κ2) is 17.0. The number of halogens is 6. The van der Waals surface area contributed by atoms with Gasteiger partial charge in [0.2, 0.25) is 0 Å². The Bertz CT molecular complexity index is 389. The third kappa shape index (κ3) is 32.6. The molecule has 0 aromatic carbocycles. The molecule has 0 atom stereocenters. The molecule has 0 amide bonds. The summed E-state index contributed by atoms with van der Waals surface area (Å²) in [6.45, 7) is 9.46. The average Bonchev–Trinajstić information content (AvgIpc) is 2.67. The van der Waals surface area contributed by atoms with Gasteiger partial charge in [0.05, 0.1) is 24.6 Å². The third-order valence-corrected chi connectivity index (χ3v) is 11.0. The van der Waals surface area contributed by atoms with E-state index >= 15 is 0 Å². The van der Waals surface area contributed by atoms with Crippen LogP contribution < -0.4 is 0 Å². The van der Waals surface area contributed by atoms with Crippen molar-refractivity contribution in [2.75, 3.05) is 24.6 Å². The van der Waals surface area contributed by atoms with Gasteiger partial charge < -0.3 is 0 Å². The summed E-state index contributed by atoms with van der Waals surface area (Å²) in [6, 6.07) is 0. The average molecular weight is 517 g/mol. The standard InChI is InChI=1S/C24H52P.F6P/c1-5-9-13-14-15-16-17-18-19-20-24-25(21-10-6-2,22-11-7-3)23-12-8-4;1-7(2,3,4,5)6/h5-24H2,1-4H3;/q+1;-1. The molecule has 0 nitrogen and oxygen atoms in total. The first-order valence-corrected chi connectivity index (χ1v) is 17.7. The van der Waals surface area contributed by atoms with Crippen LogP contribution in [0.4, 0.5) is 25.2 Å². The summed E-state index contributed by atoms with van der Waals surface area (Å²) in [5.41, 5.74) is 0. The van der Waals surface area contributed by atoms with Gasteiger partial charge >= 0.3 is 33.0 Å². The monoisotopic (exact) mass is 516 g/mol. The van der Waals surface area contributed by atoms with E-state index in [0.717, 1.165) is 0 Å². The van der Waals surface area contributed by atoms with E-state index in [-0.39, 0.29) is 0 Å². The molecular formula is C24H52F6P2. The molecule has 0 aliphatic rings. The van der Waals surface area contributed by atoms with Crippen molar-refractivity contribution in [1.29, 1.82) is 0 Å². The van der Waals surface area contributed by atoms with Gasteiger partial charge in [-0.05, 0) is 32.1 Å². The molecule has 0 rings (SSSR count). The molecule has 0 aliphatic carbocycles.